The van der Waals surface area contributed by atoms with Gasteiger partial charge in [0.1, 0.15) is 18.4 Å². The molecule has 1 N–H and O–H groups in total. The molecule has 0 atom stereocenters. The molecule has 0 aromatic carbocycles. The van der Waals surface area contributed by atoms with Crippen LogP contribution in [-0.2, 0) is 11.3 Å². The largest absolute Gasteiger partial charge is 0.482 e. The molecule has 3 rings (SSSR count). The highest BCUT2D eigenvalue weighted by molar-refractivity contribution is 5.77. The minimum Gasteiger partial charge on any atom is -0.482 e. The molecule has 1 amide bonds. The Morgan fingerprint density at radius 2 is 2.16 bits per heavy atom. The quantitative estimate of drug-likeness (QED) is 0.610. The van der Waals surface area contributed by atoms with Gasteiger partial charge in [-0.05, 0) is 18.2 Å². The summed E-state index contributed by atoms with van der Waals surface area (Å²) < 4.78 is 7.98. The van der Waals surface area contributed by atoms with Gasteiger partial charge >= 0.3 is 0 Å². The van der Waals surface area contributed by atoms with E-state index in [1.807, 2.05) is 0 Å². The topological polar surface area (TPSA) is 117 Å². The van der Waals surface area contributed by atoms with Gasteiger partial charge in [-0.2, -0.15) is 5.10 Å². The zero-order chi connectivity index (χ0) is 17.5. The molecule has 3 aromatic heterocycles. The van der Waals surface area contributed by atoms with Gasteiger partial charge in [0, 0.05) is 18.8 Å². The van der Waals surface area contributed by atoms with E-state index >= 15 is 0 Å². The third-order valence-electron chi connectivity index (χ3n) is 3.16. The maximum atomic E-state index is 11.8. The van der Waals surface area contributed by atoms with E-state index in [9.17, 15) is 9.59 Å². The summed E-state index contributed by atoms with van der Waals surface area (Å²) in [5.74, 6) is 0.670. The van der Waals surface area contributed by atoms with E-state index in [0.717, 1.165) is 0 Å². The van der Waals surface area contributed by atoms with Gasteiger partial charge in [-0.25, -0.2) is 14.3 Å². The predicted molar refractivity (Wildman–Crippen MR) is 86.2 cm³/mol. The van der Waals surface area contributed by atoms with E-state index in [2.05, 4.69) is 25.5 Å². The number of amides is 1. The van der Waals surface area contributed by atoms with Gasteiger partial charge in [0.15, 0.2) is 12.4 Å². The number of rotatable bonds is 7. The van der Waals surface area contributed by atoms with Crippen LogP contribution in [0.25, 0.3) is 5.82 Å². The second-order valence-corrected chi connectivity index (χ2v) is 4.92. The van der Waals surface area contributed by atoms with Crippen LogP contribution in [0.2, 0.25) is 0 Å². The highest BCUT2D eigenvalue weighted by atomic mass is 16.5. The Hall–Kier alpha value is -3.56. The molecule has 25 heavy (non-hydrogen) atoms. The van der Waals surface area contributed by atoms with Crippen LogP contribution in [-0.4, -0.2) is 48.6 Å². The highest BCUT2D eigenvalue weighted by Crippen LogP contribution is 2.05. The summed E-state index contributed by atoms with van der Waals surface area (Å²) in [7, 11) is 0. The first-order valence-electron chi connectivity index (χ1n) is 7.45. The van der Waals surface area contributed by atoms with Crippen molar-refractivity contribution in [3.05, 3.63) is 59.7 Å². The van der Waals surface area contributed by atoms with Crippen LogP contribution in [0.1, 0.15) is 0 Å². The molecule has 10 nitrogen and oxygen atoms in total. The van der Waals surface area contributed by atoms with Crippen molar-refractivity contribution in [3.8, 4) is 11.6 Å². The van der Waals surface area contributed by atoms with Gasteiger partial charge in [0.25, 0.3) is 11.5 Å². The molecule has 0 saturated carbocycles. The lowest BCUT2D eigenvalue weighted by Gasteiger charge is -2.09. The van der Waals surface area contributed by atoms with Crippen molar-refractivity contribution in [1.82, 2.24) is 34.8 Å². The lowest BCUT2D eigenvalue weighted by atomic mass is 10.4. The Kier molecular flexibility index (Phi) is 5.10. The minimum absolute atomic E-state index is 0.132. The fraction of sp³-hybridized carbons (Fsp3) is 0.200. The number of hydrogen-bond acceptors (Lipinski definition) is 7. The van der Waals surface area contributed by atoms with Crippen LogP contribution in [0.15, 0.2) is 54.1 Å². The molecule has 0 saturated heterocycles. The normalized spacial score (nSPS) is 10.4. The second-order valence-electron chi connectivity index (χ2n) is 4.92. The number of carbonyl (C=O) groups excluding carboxylic acids is 1. The first-order valence-corrected chi connectivity index (χ1v) is 7.45. The molecule has 0 unspecified atom stereocenters. The summed E-state index contributed by atoms with van der Waals surface area (Å²) in [6.45, 7) is 0.329. The van der Waals surface area contributed by atoms with Crippen molar-refractivity contribution < 1.29 is 9.53 Å². The maximum Gasteiger partial charge on any atom is 0.266 e. The molecule has 10 heteroatoms. The van der Waals surface area contributed by atoms with Crippen LogP contribution in [0, 0.1) is 0 Å². The van der Waals surface area contributed by atoms with Crippen molar-refractivity contribution in [2.45, 2.75) is 6.54 Å². The SMILES string of the molecule is O=C(COc1cccnc1)NCCn1nc(-n2cncn2)ccc1=O. The van der Waals surface area contributed by atoms with Crippen molar-refractivity contribution in [1.29, 1.82) is 0 Å². The number of nitrogens with one attached hydrogen (secondary N) is 1. The van der Waals surface area contributed by atoms with E-state index in [1.165, 1.54) is 34.3 Å². The molecule has 128 valence electrons. The van der Waals surface area contributed by atoms with Gasteiger partial charge < -0.3 is 10.1 Å². The number of aromatic nitrogens is 6. The molecular formula is C15H15N7O3. The molecule has 0 aliphatic heterocycles. The fourth-order valence-corrected chi connectivity index (χ4v) is 1.98. The molecule has 0 aliphatic carbocycles. The Balaban J connectivity index is 1.51. The number of nitrogens with zero attached hydrogens (tertiary/aromatic N) is 6. The van der Waals surface area contributed by atoms with E-state index in [-0.39, 0.29) is 31.2 Å². The van der Waals surface area contributed by atoms with Gasteiger partial charge in [0.2, 0.25) is 0 Å². The summed E-state index contributed by atoms with van der Waals surface area (Å²) in [5.41, 5.74) is -0.273. The van der Waals surface area contributed by atoms with Gasteiger partial charge in [0.05, 0.1) is 12.7 Å². The average Bonchev–Trinajstić information content (AvgIpc) is 3.17. The van der Waals surface area contributed by atoms with Crippen LogP contribution in [0.4, 0.5) is 0 Å². The van der Waals surface area contributed by atoms with Crippen molar-refractivity contribution in [2.75, 3.05) is 13.2 Å². The fourth-order valence-electron chi connectivity index (χ4n) is 1.98. The Bertz CT molecular complexity index is 878. The summed E-state index contributed by atoms with van der Waals surface area (Å²) in [6.07, 6.45) is 5.99. The highest BCUT2D eigenvalue weighted by Gasteiger charge is 2.05. The van der Waals surface area contributed by atoms with E-state index in [1.54, 1.807) is 24.4 Å². The Labute approximate surface area is 142 Å². The summed E-state index contributed by atoms with van der Waals surface area (Å²) in [5, 5.41) is 10.8. The van der Waals surface area contributed by atoms with Crippen LogP contribution >= 0.6 is 0 Å². The lowest BCUT2D eigenvalue weighted by molar-refractivity contribution is -0.123. The first-order chi connectivity index (χ1) is 12.2. The van der Waals surface area contributed by atoms with Crippen molar-refractivity contribution in [3.63, 3.8) is 0 Å². The summed E-state index contributed by atoms with van der Waals surface area (Å²) >= 11 is 0. The average molecular weight is 341 g/mol. The number of pyridine rings is 1. The van der Waals surface area contributed by atoms with Gasteiger partial charge in [-0.15, -0.1) is 5.10 Å². The zero-order valence-corrected chi connectivity index (χ0v) is 13.1. The third-order valence-corrected chi connectivity index (χ3v) is 3.16. The number of carbonyl (C=O) groups is 1. The van der Waals surface area contributed by atoms with Crippen molar-refractivity contribution in [2.24, 2.45) is 0 Å². The molecule has 0 radical (unpaired) electrons. The monoisotopic (exact) mass is 341 g/mol. The first kappa shape index (κ1) is 16.3. The smallest absolute Gasteiger partial charge is 0.266 e. The van der Waals surface area contributed by atoms with Crippen LogP contribution in [0.3, 0.4) is 0 Å². The van der Waals surface area contributed by atoms with E-state index in [4.69, 9.17) is 4.74 Å². The van der Waals surface area contributed by atoms with E-state index < -0.39 is 0 Å². The molecule has 0 spiro atoms. The summed E-state index contributed by atoms with van der Waals surface area (Å²) in [6, 6.07) is 6.36. The molecule has 0 aliphatic rings. The predicted octanol–water partition coefficient (Wildman–Crippen LogP) is -0.586. The second kappa shape index (κ2) is 7.81. The molecule has 3 heterocycles. The summed E-state index contributed by atoms with van der Waals surface area (Å²) in [4.78, 5) is 31.3. The van der Waals surface area contributed by atoms with Gasteiger partial charge in [-0.3, -0.25) is 14.6 Å². The maximum absolute atomic E-state index is 11.8. The van der Waals surface area contributed by atoms with Crippen LogP contribution in [0.5, 0.6) is 5.75 Å². The number of ether oxygens (including phenoxy) is 1. The number of hydrogen-bond donors (Lipinski definition) is 1. The minimum atomic E-state index is -0.302. The Morgan fingerprint density at radius 3 is 2.92 bits per heavy atom. The molecule has 0 bridgehead atoms. The van der Waals surface area contributed by atoms with Crippen molar-refractivity contribution >= 4 is 5.91 Å². The van der Waals surface area contributed by atoms with E-state index in [0.29, 0.717) is 11.6 Å². The molecule has 0 fully saturated rings. The zero-order valence-electron chi connectivity index (χ0n) is 13.1. The molecular weight excluding hydrogens is 326 g/mol. The Morgan fingerprint density at radius 1 is 1.24 bits per heavy atom. The third kappa shape index (κ3) is 4.47. The standard InChI is InChI=1S/C15H15N7O3/c23-14(9-25-12-2-1-5-16-8-12)18-6-7-21-15(24)4-3-13(20-21)22-11-17-10-19-22/h1-5,8,10-11H,6-7,9H2,(H,18,23). The van der Waals surface area contributed by atoms with Crippen LogP contribution < -0.4 is 15.6 Å². The molecule has 3 aromatic rings. The lowest BCUT2D eigenvalue weighted by Crippen LogP contribution is -2.34. The van der Waals surface area contributed by atoms with Gasteiger partial charge in [-0.1, -0.05) is 0 Å².